The van der Waals surface area contributed by atoms with Crippen molar-refractivity contribution in [2.45, 2.75) is 26.9 Å². The van der Waals surface area contributed by atoms with Crippen LogP contribution in [0.4, 0.5) is 13.2 Å². The number of carbonyl (C=O) groups is 1. The standard InChI is InChI=1S/C14H13ClF3N3O2/c1-4-23-13(22)11-7(2)20-21(8(11)3)12-10(15)5-9(6-19-12)14(16,17)18/h5-6H,4H2,1-3H3. The fourth-order valence-corrected chi connectivity index (χ4v) is 2.34. The van der Waals surface area contributed by atoms with Crippen LogP contribution in [0.1, 0.15) is 34.2 Å². The number of esters is 1. The van der Waals surface area contributed by atoms with E-state index in [1.807, 2.05) is 0 Å². The molecule has 2 aromatic heterocycles. The van der Waals surface area contributed by atoms with Crippen LogP contribution in [0.3, 0.4) is 0 Å². The van der Waals surface area contributed by atoms with Crippen LogP contribution in [0, 0.1) is 13.8 Å². The lowest BCUT2D eigenvalue weighted by Gasteiger charge is -2.10. The Morgan fingerprint density at radius 3 is 2.57 bits per heavy atom. The average Bonchev–Trinajstić information content (AvgIpc) is 2.73. The molecule has 0 unspecified atom stereocenters. The number of hydrogen-bond acceptors (Lipinski definition) is 4. The van der Waals surface area contributed by atoms with E-state index in [1.165, 1.54) is 4.68 Å². The highest BCUT2D eigenvalue weighted by Crippen LogP contribution is 2.32. The molecule has 0 bridgehead atoms. The van der Waals surface area contributed by atoms with E-state index in [1.54, 1.807) is 20.8 Å². The first-order valence-corrected chi connectivity index (χ1v) is 7.01. The lowest BCUT2D eigenvalue weighted by atomic mass is 10.2. The topological polar surface area (TPSA) is 57.0 Å². The van der Waals surface area contributed by atoms with Crippen molar-refractivity contribution in [3.05, 3.63) is 39.8 Å². The summed E-state index contributed by atoms with van der Waals surface area (Å²) in [6.07, 6.45) is -3.87. The van der Waals surface area contributed by atoms with Crippen LogP contribution >= 0.6 is 11.6 Å². The zero-order chi connectivity index (χ0) is 17.4. The minimum atomic E-state index is -4.54. The van der Waals surface area contributed by atoms with Crippen molar-refractivity contribution in [1.29, 1.82) is 0 Å². The molecule has 0 saturated carbocycles. The second-order valence-corrected chi connectivity index (χ2v) is 5.11. The van der Waals surface area contributed by atoms with E-state index in [2.05, 4.69) is 10.1 Å². The number of ether oxygens (including phenoxy) is 1. The van der Waals surface area contributed by atoms with Crippen molar-refractivity contribution >= 4 is 17.6 Å². The third-order valence-corrected chi connectivity index (χ3v) is 3.40. The molecule has 0 spiro atoms. The molecule has 0 aliphatic carbocycles. The maximum atomic E-state index is 12.7. The van der Waals surface area contributed by atoms with Gasteiger partial charge in [-0.1, -0.05) is 11.6 Å². The molecule has 0 amide bonds. The molecule has 0 radical (unpaired) electrons. The number of aromatic nitrogens is 3. The minimum Gasteiger partial charge on any atom is -0.462 e. The molecule has 124 valence electrons. The van der Waals surface area contributed by atoms with Gasteiger partial charge in [0.2, 0.25) is 0 Å². The van der Waals surface area contributed by atoms with Crippen molar-refractivity contribution in [3.63, 3.8) is 0 Å². The van der Waals surface area contributed by atoms with Gasteiger partial charge in [0, 0.05) is 6.20 Å². The predicted molar refractivity (Wildman–Crippen MR) is 76.8 cm³/mol. The Morgan fingerprint density at radius 1 is 1.39 bits per heavy atom. The van der Waals surface area contributed by atoms with Crippen molar-refractivity contribution in [1.82, 2.24) is 14.8 Å². The number of rotatable bonds is 3. The molecule has 2 heterocycles. The fraction of sp³-hybridized carbons (Fsp3) is 0.357. The molecule has 0 saturated heterocycles. The van der Waals surface area contributed by atoms with Gasteiger partial charge in [0.1, 0.15) is 5.56 Å². The first kappa shape index (κ1) is 17.3. The van der Waals surface area contributed by atoms with Gasteiger partial charge in [0.15, 0.2) is 5.82 Å². The molecule has 0 N–H and O–H groups in total. The summed E-state index contributed by atoms with van der Waals surface area (Å²) >= 11 is 5.90. The molecule has 9 heteroatoms. The fourth-order valence-electron chi connectivity index (χ4n) is 2.09. The van der Waals surface area contributed by atoms with Crippen LogP contribution in [-0.4, -0.2) is 27.3 Å². The summed E-state index contributed by atoms with van der Waals surface area (Å²) in [6.45, 7) is 5.04. The summed E-state index contributed by atoms with van der Waals surface area (Å²) in [4.78, 5) is 15.7. The number of hydrogen-bond donors (Lipinski definition) is 0. The van der Waals surface area contributed by atoms with Crippen LogP contribution in [0.5, 0.6) is 0 Å². The Balaban J connectivity index is 2.52. The minimum absolute atomic E-state index is 0.0100. The predicted octanol–water partition coefficient (Wildman–Crippen LogP) is 3.73. The second kappa shape index (κ2) is 6.19. The maximum Gasteiger partial charge on any atom is 0.417 e. The molecule has 2 rings (SSSR count). The Morgan fingerprint density at radius 2 is 2.04 bits per heavy atom. The van der Waals surface area contributed by atoms with E-state index >= 15 is 0 Å². The monoisotopic (exact) mass is 347 g/mol. The molecule has 23 heavy (non-hydrogen) atoms. The summed E-state index contributed by atoms with van der Waals surface area (Å²) in [7, 11) is 0. The van der Waals surface area contributed by atoms with Crippen LogP contribution in [0.25, 0.3) is 5.82 Å². The third-order valence-electron chi connectivity index (χ3n) is 3.12. The number of nitrogens with zero attached hydrogens (tertiary/aromatic N) is 3. The smallest absolute Gasteiger partial charge is 0.417 e. The van der Waals surface area contributed by atoms with E-state index in [9.17, 15) is 18.0 Å². The molecular weight excluding hydrogens is 335 g/mol. The number of alkyl halides is 3. The first-order valence-electron chi connectivity index (χ1n) is 6.63. The first-order chi connectivity index (χ1) is 10.7. The van der Waals surface area contributed by atoms with Gasteiger partial charge in [0.05, 0.1) is 28.6 Å². The SMILES string of the molecule is CCOC(=O)c1c(C)nn(-c2ncc(C(F)(F)F)cc2Cl)c1C. The van der Waals surface area contributed by atoms with Gasteiger partial charge in [-0.2, -0.15) is 18.3 Å². The van der Waals surface area contributed by atoms with Crippen molar-refractivity contribution in [2.24, 2.45) is 0 Å². The van der Waals surface area contributed by atoms with Crippen LogP contribution in [0.2, 0.25) is 5.02 Å². The summed E-state index contributed by atoms with van der Waals surface area (Å²) in [5, 5.41) is 3.90. The summed E-state index contributed by atoms with van der Waals surface area (Å²) in [6, 6.07) is 0.768. The van der Waals surface area contributed by atoms with Gasteiger partial charge in [0.25, 0.3) is 0 Å². The van der Waals surface area contributed by atoms with Gasteiger partial charge in [-0.05, 0) is 26.8 Å². The molecule has 5 nitrogen and oxygen atoms in total. The Kier molecular flexibility index (Phi) is 4.65. The van der Waals surface area contributed by atoms with Crippen LogP contribution < -0.4 is 0 Å². The molecule has 0 atom stereocenters. The van der Waals surface area contributed by atoms with Crippen LogP contribution in [-0.2, 0) is 10.9 Å². The average molecular weight is 348 g/mol. The van der Waals surface area contributed by atoms with Crippen LogP contribution in [0.15, 0.2) is 12.3 Å². The lowest BCUT2D eigenvalue weighted by molar-refractivity contribution is -0.137. The quantitative estimate of drug-likeness (QED) is 0.794. The van der Waals surface area contributed by atoms with E-state index in [0.717, 1.165) is 6.07 Å². The van der Waals surface area contributed by atoms with Crippen molar-refractivity contribution in [3.8, 4) is 5.82 Å². The number of carbonyl (C=O) groups excluding carboxylic acids is 1. The van der Waals surface area contributed by atoms with Gasteiger partial charge < -0.3 is 4.74 Å². The normalized spacial score (nSPS) is 11.6. The summed E-state index contributed by atoms with van der Waals surface area (Å²) in [5.74, 6) is -0.549. The van der Waals surface area contributed by atoms with Crippen molar-refractivity contribution in [2.75, 3.05) is 6.61 Å². The highest BCUT2D eigenvalue weighted by molar-refractivity contribution is 6.32. The highest BCUT2D eigenvalue weighted by atomic mass is 35.5. The molecule has 0 fully saturated rings. The highest BCUT2D eigenvalue weighted by Gasteiger charge is 2.32. The summed E-state index contributed by atoms with van der Waals surface area (Å²) in [5.41, 5.74) is 0.0387. The van der Waals surface area contributed by atoms with E-state index in [4.69, 9.17) is 16.3 Å². The largest absolute Gasteiger partial charge is 0.462 e. The van der Waals surface area contributed by atoms with E-state index < -0.39 is 17.7 Å². The Hall–Kier alpha value is -2.09. The molecular formula is C14H13ClF3N3O2. The molecule has 0 aromatic carbocycles. The Labute approximate surface area is 135 Å². The number of aryl methyl sites for hydroxylation is 1. The van der Waals surface area contributed by atoms with E-state index in [0.29, 0.717) is 17.6 Å². The van der Waals surface area contributed by atoms with Gasteiger partial charge in [-0.3, -0.25) is 0 Å². The number of pyridine rings is 1. The van der Waals surface area contributed by atoms with Crippen molar-refractivity contribution < 1.29 is 22.7 Å². The van der Waals surface area contributed by atoms with E-state index in [-0.39, 0.29) is 23.0 Å². The lowest BCUT2D eigenvalue weighted by Crippen LogP contribution is -2.10. The zero-order valence-corrected chi connectivity index (χ0v) is 13.3. The number of halogens is 4. The van der Waals surface area contributed by atoms with Gasteiger partial charge in [-0.25, -0.2) is 14.5 Å². The third kappa shape index (κ3) is 3.31. The molecule has 0 aliphatic rings. The van der Waals surface area contributed by atoms with Gasteiger partial charge in [-0.15, -0.1) is 0 Å². The Bertz CT molecular complexity index is 756. The maximum absolute atomic E-state index is 12.7. The molecule has 2 aromatic rings. The zero-order valence-electron chi connectivity index (χ0n) is 12.5. The van der Waals surface area contributed by atoms with Gasteiger partial charge >= 0.3 is 12.1 Å². The second-order valence-electron chi connectivity index (χ2n) is 4.71. The summed E-state index contributed by atoms with van der Waals surface area (Å²) < 4.78 is 44.1. The molecule has 0 aliphatic heterocycles.